The molecule has 2 N–H and O–H groups in total. The minimum absolute atomic E-state index is 0.167. The molecule has 1 rings (SSSR count). The Bertz CT molecular complexity index is 507. The quantitative estimate of drug-likeness (QED) is 0.602. The van der Waals surface area contributed by atoms with Crippen molar-refractivity contribution < 1.29 is 15.0 Å². The number of carboxylic acids is 1. The van der Waals surface area contributed by atoms with Crippen molar-refractivity contribution in [3.05, 3.63) is 65.3 Å². The van der Waals surface area contributed by atoms with E-state index in [1.807, 2.05) is 36.4 Å². The summed E-state index contributed by atoms with van der Waals surface area (Å²) in [6, 6.07) is 9.31. The Morgan fingerprint density at radius 2 is 1.73 bits per heavy atom. The molecule has 0 spiro atoms. The highest BCUT2D eigenvalue weighted by Gasteiger charge is 1.87. The molecule has 0 aliphatic rings. The van der Waals surface area contributed by atoms with Gasteiger partial charge in [0.15, 0.2) is 0 Å². The first kappa shape index (κ1) is 19.9. The van der Waals surface area contributed by atoms with Crippen LogP contribution in [0.15, 0.2) is 59.7 Å². The Morgan fingerprint density at radius 1 is 1.09 bits per heavy atom. The van der Waals surface area contributed by atoms with Crippen LogP contribution in [0.4, 0.5) is 0 Å². The summed E-state index contributed by atoms with van der Waals surface area (Å²) < 4.78 is 0. The van der Waals surface area contributed by atoms with Gasteiger partial charge in [0.25, 0.3) is 0 Å². The fourth-order valence-corrected chi connectivity index (χ4v) is 1.58. The first-order valence-corrected chi connectivity index (χ1v) is 7.31. The molecule has 0 atom stereocenters. The summed E-state index contributed by atoms with van der Waals surface area (Å²) in [4.78, 5) is 10.1. The van der Waals surface area contributed by atoms with Gasteiger partial charge in [-0.25, -0.2) is 4.79 Å². The lowest BCUT2D eigenvalue weighted by Crippen LogP contribution is -1.85. The van der Waals surface area contributed by atoms with E-state index in [1.165, 1.54) is 11.1 Å². The Balaban J connectivity index is 0.000000401. The van der Waals surface area contributed by atoms with Gasteiger partial charge in [-0.1, -0.05) is 53.6 Å². The second-order valence-electron chi connectivity index (χ2n) is 5.14. The summed E-state index contributed by atoms with van der Waals surface area (Å²) in [6.45, 7) is 6.42. The fraction of sp³-hybridized carbons (Fsp3) is 0.316. The molecule has 0 bridgehead atoms. The average molecular weight is 302 g/mol. The Hall–Kier alpha value is -2.13. The second kappa shape index (κ2) is 12.6. The topological polar surface area (TPSA) is 57.5 Å². The van der Waals surface area contributed by atoms with Gasteiger partial charge in [-0.3, -0.25) is 0 Å². The van der Waals surface area contributed by atoms with E-state index < -0.39 is 5.97 Å². The monoisotopic (exact) mass is 302 g/mol. The van der Waals surface area contributed by atoms with Crippen molar-refractivity contribution in [3.63, 3.8) is 0 Å². The van der Waals surface area contributed by atoms with Crippen LogP contribution >= 0.6 is 0 Å². The van der Waals surface area contributed by atoms with Gasteiger partial charge in [0.05, 0.1) is 6.61 Å². The van der Waals surface area contributed by atoms with Gasteiger partial charge in [-0.15, -0.1) is 0 Å². The van der Waals surface area contributed by atoms with Gasteiger partial charge in [-0.05, 0) is 45.3 Å². The Morgan fingerprint density at radius 3 is 2.23 bits per heavy atom. The number of hydrogen-bond acceptors (Lipinski definition) is 2. The number of aliphatic hydroxyl groups is 1. The molecule has 120 valence electrons. The van der Waals surface area contributed by atoms with Gasteiger partial charge < -0.3 is 10.2 Å². The molecule has 3 nitrogen and oxygen atoms in total. The number of allylic oxidation sites excluding steroid dienone is 3. The van der Waals surface area contributed by atoms with Crippen LogP contribution in [0.3, 0.4) is 0 Å². The molecule has 0 fully saturated rings. The third-order valence-electron chi connectivity index (χ3n) is 2.75. The Labute approximate surface area is 133 Å². The molecular formula is C19H26O3. The van der Waals surface area contributed by atoms with Gasteiger partial charge in [0, 0.05) is 6.08 Å². The molecule has 0 unspecified atom stereocenters. The molecule has 0 aromatic heterocycles. The maximum Gasteiger partial charge on any atom is 0.328 e. The summed E-state index contributed by atoms with van der Waals surface area (Å²) in [5.74, 6) is -0.922. The summed E-state index contributed by atoms with van der Waals surface area (Å²) in [5.41, 5.74) is 3.53. The lowest BCUT2D eigenvalue weighted by atomic mass is 10.1. The van der Waals surface area contributed by atoms with Crippen molar-refractivity contribution in [3.8, 4) is 0 Å². The minimum atomic E-state index is -0.922. The first-order valence-electron chi connectivity index (χ1n) is 7.31. The van der Waals surface area contributed by atoms with Crippen molar-refractivity contribution in [1.82, 2.24) is 0 Å². The molecule has 0 aliphatic heterocycles. The largest absolute Gasteiger partial charge is 0.478 e. The van der Waals surface area contributed by atoms with Gasteiger partial charge in [0.2, 0.25) is 0 Å². The first-order chi connectivity index (χ1) is 10.5. The van der Waals surface area contributed by atoms with E-state index in [4.69, 9.17) is 10.2 Å². The molecule has 0 amide bonds. The van der Waals surface area contributed by atoms with Crippen LogP contribution in [0, 0.1) is 0 Å². The lowest BCUT2D eigenvalue weighted by Gasteiger charge is -1.96. The van der Waals surface area contributed by atoms with Crippen LogP contribution < -0.4 is 0 Å². The average Bonchev–Trinajstić information content (AvgIpc) is 2.47. The molecule has 1 aromatic carbocycles. The molecule has 0 saturated heterocycles. The summed E-state index contributed by atoms with van der Waals surface area (Å²) in [7, 11) is 0. The van der Waals surface area contributed by atoms with Crippen LogP contribution in [-0.4, -0.2) is 22.8 Å². The maximum atomic E-state index is 10.1. The summed E-state index contributed by atoms with van der Waals surface area (Å²) in [6.07, 6.45) is 8.90. The second-order valence-corrected chi connectivity index (χ2v) is 5.14. The highest BCUT2D eigenvalue weighted by molar-refractivity contribution is 5.85. The molecule has 0 radical (unpaired) electrons. The summed E-state index contributed by atoms with van der Waals surface area (Å²) >= 11 is 0. The number of aliphatic hydroxyl groups excluding tert-OH is 1. The van der Waals surface area contributed by atoms with E-state index in [-0.39, 0.29) is 6.61 Å². The highest BCUT2D eigenvalue weighted by Crippen LogP contribution is 2.05. The van der Waals surface area contributed by atoms with Crippen LogP contribution in [0.25, 0.3) is 6.08 Å². The number of benzene rings is 1. The predicted molar refractivity (Wildman–Crippen MR) is 92.6 cm³/mol. The zero-order chi connectivity index (χ0) is 16.8. The third kappa shape index (κ3) is 12.9. The lowest BCUT2D eigenvalue weighted by molar-refractivity contribution is -0.131. The molecule has 0 heterocycles. The number of carbonyl (C=O) groups is 1. The number of aliphatic carboxylic acids is 1. The fourth-order valence-electron chi connectivity index (χ4n) is 1.58. The predicted octanol–water partition coefficient (Wildman–Crippen LogP) is 4.46. The molecule has 0 aliphatic carbocycles. The molecular weight excluding hydrogens is 276 g/mol. The minimum Gasteiger partial charge on any atom is -0.478 e. The number of rotatable bonds is 6. The van der Waals surface area contributed by atoms with Crippen molar-refractivity contribution >= 4 is 12.0 Å². The van der Waals surface area contributed by atoms with Crippen LogP contribution in [-0.2, 0) is 4.79 Å². The zero-order valence-corrected chi connectivity index (χ0v) is 13.6. The molecule has 3 heteroatoms. The van der Waals surface area contributed by atoms with Crippen molar-refractivity contribution in [2.75, 3.05) is 6.61 Å². The van der Waals surface area contributed by atoms with Gasteiger partial charge in [-0.2, -0.15) is 0 Å². The van der Waals surface area contributed by atoms with E-state index in [9.17, 15) is 4.79 Å². The van der Waals surface area contributed by atoms with Crippen LogP contribution in [0.5, 0.6) is 0 Å². The van der Waals surface area contributed by atoms with Gasteiger partial charge in [0.1, 0.15) is 0 Å². The molecule has 0 saturated carbocycles. The highest BCUT2D eigenvalue weighted by atomic mass is 16.4. The van der Waals surface area contributed by atoms with E-state index in [1.54, 1.807) is 6.08 Å². The van der Waals surface area contributed by atoms with Crippen LogP contribution in [0.2, 0.25) is 0 Å². The normalized spacial score (nSPS) is 10.8. The standard InChI is InChI=1S/C10H18O.C9H8O2/c1-9(2)5-4-6-10(3)7-8-11;10-9(11)7-6-8-4-2-1-3-5-8/h5,7,11H,4,6,8H2,1-3H3;1-7H,(H,10,11)/b10-7-;. The van der Waals surface area contributed by atoms with Crippen molar-refractivity contribution in [2.45, 2.75) is 33.6 Å². The summed E-state index contributed by atoms with van der Waals surface area (Å²) in [5, 5.41) is 16.8. The number of hydrogen-bond donors (Lipinski definition) is 2. The molecule has 22 heavy (non-hydrogen) atoms. The van der Waals surface area contributed by atoms with Crippen molar-refractivity contribution in [2.24, 2.45) is 0 Å². The molecule has 1 aromatic rings. The van der Waals surface area contributed by atoms with Crippen molar-refractivity contribution in [1.29, 1.82) is 0 Å². The Kier molecular flexibility index (Phi) is 11.4. The third-order valence-corrected chi connectivity index (χ3v) is 2.75. The van der Waals surface area contributed by atoms with Gasteiger partial charge >= 0.3 is 5.97 Å². The van der Waals surface area contributed by atoms with E-state index in [2.05, 4.69) is 26.8 Å². The zero-order valence-electron chi connectivity index (χ0n) is 13.6. The SMILES string of the molecule is CC(C)=CCC/C(C)=C\CO.O=C(O)C=Cc1ccccc1. The number of carboxylic acid groups (broad SMARTS) is 1. The van der Waals surface area contributed by atoms with E-state index in [0.717, 1.165) is 24.5 Å². The van der Waals surface area contributed by atoms with E-state index >= 15 is 0 Å². The maximum absolute atomic E-state index is 10.1. The van der Waals surface area contributed by atoms with E-state index in [0.29, 0.717) is 0 Å². The van der Waals surface area contributed by atoms with Crippen LogP contribution in [0.1, 0.15) is 39.2 Å². The smallest absolute Gasteiger partial charge is 0.328 e.